The molecule has 3 heteroatoms. The molecule has 0 fully saturated rings. The molecule has 0 aliphatic heterocycles. The zero-order valence-corrected chi connectivity index (χ0v) is 18.8. The van der Waals surface area contributed by atoms with Crippen LogP contribution in [0, 0.1) is 33.1 Å². The van der Waals surface area contributed by atoms with E-state index in [1.54, 1.807) is 0 Å². The molecule has 0 spiro atoms. The maximum atomic E-state index is 4.74. The van der Waals surface area contributed by atoms with E-state index in [1.807, 2.05) is 0 Å². The highest BCUT2D eigenvalue weighted by atomic mass is 15.3. The lowest BCUT2D eigenvalue weighted by Crippen LogP contribution is -2.36. The van der Waals surface area contributed by atoms with Crippen LogP contribution in [-0.4, -0.2) is 14.8 Å². The predicted molar refractivity (Wildman–Crippen MR) is 118 cm³/mol. The molecule has 0 aliphatic carbocycles. The second-order valence-electron chi connectivity index (χ2n) is 9.65. The quantitative estimate of drug-likeness (QED) is 0.524. The van der Waals surface area contributed by atoms with Crippen molar-refractivity contribution in [1.82, 2.24) is 14.8 Å². The molecule has 0 N–H and O–H groups in total. The SMILES string of the molecule is Cc1ccc(-n2c(-c3ccc(C)c(C)c3)nnc2C(C)(C)C(C)(C)C)c(C)c1. The van der Waals surface area contributed by atoms with Gasteiger partial charge in [-0.25, -0.2) is 0 Å². The molecule has 0 bridgehead atoms. The second kappa shape index (κ2) is 6.88. The molecule has 0 unspecified atom stereocenters. The summed E-state index contributed by atoms with van der Waals surface area (Å²) < 4.78 is 2.27. The monoisotopic (exact) mass is 375 g/mol. The molecule has 0 atom stereocenters. The number of benzene rings is 2. The van der Waals surface area contributed by atoms with Crippen LogP contribution in [0.3, 0.4) is 0 Å². The third kappa shape index (κ3) is 3.39. The van der Waals surface area contributed by atoms with Crippen molar-refractivity contribution in [2.45, 2.75) is 67.7 Å². The van der Waals surface area contributed by atoms with Gasteiger partial charge >= 0.3 is 0 Å². The molecule has 2 aromatic carbocycles. The number of aryl methyl sites for hydroxylation is 4. The fraction of sp³-hybridized carbons (Fsp3) is 0.440. The fourth-order valence-electron chi connectivity index (χ4n) is 3.38. The van der Waals surface area contributed by atoms with Crippen molar-refractivity contribution in [2.24, 2.45) is 5.41 Å². The van der Waals surface area contributed by atoms with E-state index in [2.05, 4.69) is 108 Å². The third-order valence-electron chi connectivity index (χ3n) is 6.46. The van der Waals surface area contributed by atoms with Crippen molar-refractivity contribution in [3.63, 3.8) is 0 Å². The molecule has 3 aromatic rings. The van der Waals surface area contributed by atoms with Gasteiger partial charge in [-0.3, -0.25) is 4.57 Å². The minimum Gasteiger partial charge on any atom is -0.278 e. The summed E-state index contributed by atoms with van der Waals surface area (Å²) in [6.07, 6.45) is 0. The molecule has 148 valence electrons. The Morgan fingerprint density at radius 2 is 1.39 bits per heavy atom. The lowest BCUT2D eigenvalue weighted by molar-refractivity contribution is 0.211. The van der Waals surface area contributed by atoms with Crippen LogP contribution in [0.25, 0.3) is 17.1 Å². The van der Waals surface area contributed by atoms with Crippen LogP contribution in [0.2, 0.25) is 0 Å². The summed E-state index contributed by atoms with van der Waals surface area (Å²) in [5, 5.41) is 9.43. The van der Waals surface area contributed by atoms with Crippen molar-refractivity contribution in [2.75, 3.05) is 0 Å². The van der Waals surface area contributed by atoms with E-state index in [1.165, 1.54) is 22.3 Å². The van der Waals surface area contributed by atoms with Crippen molar-refractivity contribution in [1.29, 1.82) is 0 Å². The van der Waals surface area contributed by atoms with Crippen molar-refractivity contribution >= 4 is 0 Å². The van der Waals surface area contributed by atoms with Gasteiger partial charge in [0, 0.05) is 11.0 Å². The number of rotatable bonds is 3. The summed E-state index contributed by atoms with van der Waals surface area (Å²) in [7, 11) is 0. The summed E-state index contributed by atoms with van der Waals surface area (Å²) in [6, 6.07) is 13.1. The van der Waals surface area contributed by atoms with Gasteiger partial charge in [-0.05, 0) is 61.9 Å². The molecular formula is C25H33N3. The predicted octanol–water partition coefficient (Wildman–Crippen LogP) is 6.49. The third-order valence-corrected chi connectivity index (χ3v) is 6.46. The molecule has 0 saturated carbocycles. The Kier molecular flexibility index (Phi) is 4.99. The summed E-state index contributed by atoms with van der Waals surface area (Å²) in [6.45, 7) is 19.9. The Morgan fingerprint density at radius 1 is 0.714 bits per heavy atom. The van der Waals surface area contributed by atoms with Crippen LogP contribution in [0.4, 0.5) is 0 Å². The Bertz CT molecular complexity index is 1020. The lowest BCUT2D eigenvalue weighted by Gasteiger charge is -2.38. The zero-order chi connectivity index (χ0) is 20.9. The summed E-state index contributed by atoms with van der Waals surface area (Å²) >= 11 is 0. The molecular weight excluding hydrogens is 342 g/mol. The van der Waals surface area contributed by atoms with Crippen molar-refractivity contribution < 1.29 is 0 Å². The highest BCUT2D eigenvalue weighted by Crippen LogP contribution is 2.42. The van der Waals surface area contributed by atoms with Crippen molar-refractivity contribution in [3.8, 4) is 17.1 Å². The maximum Gasteiger partial charge on any atom is 0.168 e. The number of nitrogens with zero attached hydrogens (tertiary/aromatic N) is 3. The van der Waals surface area contributed by atoms with Crippen LogP contribution < -0.4 is 0 Å². The molecule has 3 nitrogen and oxygen atoms in total. The minimum absolute atomic E-state index is 0.0385. The Balaban J connectivity index is 2.34. The summed E-state index contributed by atoms with van der Waals surface area (Å²) in [4.78, 5) is 0. The molecule has 0 radical (unpaired) electrons. The first-order valence-electron chi connectivity index (χ1n) is 10.0. The van der Waals surface area contributed by atoms with Gasteiger partial charge in [0.25, 0.3) is 0 Å². The second-order valence-corrected chi connectivity index (χ2v) is 9.65. The highest BCUT2D eigenvalue weighted by Gasteiger charge is 2.40. The van der Waals surface area contributed by atoms with Gasteiger partial charge in [0.1, 0.15) is 5.82 Å². The van der Waals surface area contributed by atoms with Gasteiger partial charge in [0.05, 0.1) is 5.69 Å². The van der Waals surface area contributed by atoms with Crippen LogP contribution in [-0.2, 0) is 5.41 Å². The van der Waals surface area contributed by atoms with Crippen molar-refractivity contribution in [3.05, 3.63) is 64.5 Å². The maximum absolute atomic E-state index is 4.74. The Morgan fingerprint density at radius 3 is 1.96 bits per heavy atom. The number of hydrogen-bond donors (Lipinski definition) is 0. The molecule has 1 heterocycles. The van der Waals surface area contributed by atoms with Gasteiger partial charge < -0.3 is 0 Å². The number of aromatic nitrogens is 3. The zero-order valence-electron chi connectivity index (χ0n) is 18.8. The summed E-state index contributed by atoms with van der Waals surface area (Å²) in [5.41, 5.74) is 7.18. The van der Waals surface area contributed by atoms with Gasteiger partial charge in [-0.2, -0.15) is 0 Å². The smallest absolute Gasteiger partial charge is 0.168 e. The van der Waals surface area contributed by atoms with Gasteiger partial charge in [-0.1, -0.05) is 64.4 Å². The Labute approximate surface area is 169 Å². The van der Waals surface area contributed by atoms with Crippen LogP contribution in [0.5, 0.6) is 0 Å². The fourth-order valence-corrected chi connectivity index (χ4v) is 3.38. The van der Waals surface area contributed by atoms with E-state index < -0.39 is 0 Å². The largest absolute Gasteiger partial charge is 0.278 e. The number of hydrogen-bond acceptors (Lipinski definition) is 2. The first kappa shape index (κ1) is 20.3. The average Bonchev–Trinajstić information content (AvgIpc) is 3.01. The van der Waals surface area contributed by atoms with E-state index >= 15 is 0 Å². The van der Waals surface area contributed by atoms with Crippen LogP contribution in [0.1, 0.15) is 62.7 Å². The van der Waals surface area contributed by atoms with Gasteiger partial charge in [0.15, 0.2) is 5.82 Å². The topological polar surface area (TPSA) is 30.7 Å². The van der Waals surface area contributed by atoms with E-state index in [0.717, 1.165) is 22.9 Å². The molecule has 0 saturated heterocycles. The van der Waals surface area contributed by atoms with Gasteiger partial charge in [-0.15, -0.1) is 10.2 Å². The van der Waals surface area contributed by atoms with E-state index in [0.29, 0.717) is 0 Å². The van der Waals surface area contributed by atoms with Crippen LogP contribution >= 0.6 is 0 Å². The highest BCUT2D eigenvalue weighted by molar-refractivity contribution is 5.62. The molecule has 3 rings (SSSR count). The standard InChI is InChI=1S/C25H33N3/c1-16-10-13-21(19(4)14-16)28-22(20-12-11-17(2)18(3)15-20)26-27-23(28)25(8,9)24(5,6)7/h10-15H,1-9H3. The average molecular weight is 376 g/mol. The van der Waals surface area contributed by atoms with Gasteiger partial charge in [0.2, 0.25) is 0 Å². The van der Waals surface area contributed by atoms with E-state index in [4.69, 9.17) is 5.10 Å². The van der Waals surface area contributed by atoms with Crippen LogP contribution in [0.15, 0.2) is 36.4 Å². The lowest BCUT2D eigenvalue weighted by atomic mass is 9.68. The molecule has 0 amide bonds. The first-order chi connectivity index (χ1) is 12.9. The Hall–Kier alpha value is -2.42. The molecule has 28 heavy (non-hydrogen) atoms. The molecule has 1 aromatic heterocycles. The minimum atomic E-state index is -0.157. The summed E-state index contributed by atoms with van der Waals surface area (Å²) in [5.74, 6) is 1.91. The normalized spacial score (nSPS) is 12.5. The van der Waals surface area contributed by atoms with E-state index in [9.17, 15) is 0 Å². The molecule has 0 aliphatic rings. The first-order valence-corrected chi connectivity index (χ1v) is 10.0. The van der Waals surface area contributed by atoms with E-state index in [-0.39, 0.29) is 10.8 Å².